The second-order valence-electron chi connectivity index (χ2n) is 2.28. The van der Waals surface area contributed by atoms with Crippen LogP contribution in [0.2, 0.25) is 0 Å². The van der Waals surface area contributed by atoms with Gasteiger partial charge in [-0.3, -0.25) is 4.79 Å². The van der Waals surface area contributed by atoms with Gasteiger partial charge in [0.2, 0.25) is 0 Å². The van der Waals surface area contributed by atoms with Gasteiger partial charge in [0, 0.05) is 0 Å². The van der Waals surface area contributed by atoms with Gasteiger partial charge in [0.25, 0.3) is 0 Å². The first kappa shape index (κ1) is 12.6. The van der Waals surface area contributed by atoms with Crippen molar-refractivity contribution in [1.82, 2.24) is 5.32 Å². The minimum absolute atomic E-state index is 0. The third kappa shape index (κ3) is 4.78. The first-order chi connectivity index (χ1) is 5.22. The largest absolute Gasteiger partial charge is 0.520 e. The summed E-state index contributed by atoms with van der Waals surface area (Å²) < 4.78 is 0. The predicted molar refractivity (Wildman–Crippen MR) is 39.8 cm³/mol. The molecule has 0 aromatic rings. The van der Waals surface area contributed by atoms with Crippen LogP contribution in [0.15, 0.2) is 0 Å². The van der Waals surface area contributed by atoms with Crippen LogP contribution in [0.1, 0.15) is 26.2 Å². The zero-order valence-electron chi connectivity index (χ0n) is 6.75. The van der Waals surface area contributed by atoms with E-state index in [1.54, 1.807) is 0 Å². The van der Waals surface area contributed by atoms with Crippen LogP contribution in [-0.2, 0) is 9.59 Å². The minimum atomic E-state index is -0.998. The van der Waals surface area contributed by atoms with Crippen molar-refractivity contribution < 1.29 is 14.7 Å². The van der Waals surface area contributed by atoms with Crippen LogP contribution < -0.4 is 5.32 Å². The van der Waals surface area contributed by atoms with Gasteiger partial charge >= 0.3 is 5.97 Å². The third-order valence-electron chi connectivity index (χ3n) is 1.38. The van der Waals surface area contributed by atoms with Gasteiger partial charge in [-0.2, -0.15) is 6.41 Å². The van der Waals surface area contributed by atoms with Crippen molar-refractivity contribution in [2.24, 2.45) is 0 Å². The van der Waals surface area contributed by atoms with Crippen molar-refractivity contribution in [2.75, 3.05) is 0 Å². The maximum atomic E-state index is 10.4. The van der Waals surface area contributed by atoms with E-state index in [1.807, 2.05) is 6.92 Å². The molecule has 76 valence electrons. The number of nitrogens with one attached hydrogen (secondary N) is 1. The fourth-order valence-electron chi connectivity index (χ4n) is 0.737. The second-order valence-corrected chi connectivity index (χ2v) is 2.28. The summed E-state index contributed by atoms with van der Waals surface area (Å²) in [5, 5.41) is 10.6. The van der Waals surface area contributed by atoms with Crippen molar-refractivity contribution in [3.8, 4) is 0 Å². The Kier molecular flexibility index (Phi) is 7.41. The third-order valence-corrected chi connectivity index (χ3v) is 1.38. The topological polar surface area (TPSA) is 66.4 Å². The number of carboxylic acids is 1. The Labute approximate surface area is 65.6 Å². The van der Waals surface area contributed by atoms with E-state index >= 15 is 0 Å². The SMILES string of the molecule is CCCCC(N[C-]=O)C(=O)O.[Fm]. The Balaban J connectivity index is 0. The summed E-state index contributed by atoms with van der Waals surface area (Å²) in [5.74, 6) is -0.998. The van der Waals surface area contributed by atoms with Gasteiger partial charge in [-0.25, -0.2) is 0 Å². The van der Waals surface area contributed by atoms with Gasteiger partial charge in [-0.15, -0.1) is 0 Å². The van der Waals surface area contributed by atoms with Crippen molar-refractivity contribution in [2.45, 2.75) is 32.2 Å². The number of hydrogen-bond acceptors (Lipinski definition) is 2. The van der Waals surface area contributed by atoms with Gasteiger partial charge < -0.3 is 15.2 Å². The van der Waals surface area contributed by atoms with Crippen LogP contribution in [0.4, 0.5) is 0 Å². The molecule has 0 radical (unpaired) electrons. The molecule has 0 aliphatic rings. The Morgan fingerprint density at radius 3 is 2.58 bits per heavy atom. The van der Waals surface area contributed by atoms with Crippen LogP contribution in [0, 0.1) is 0 Å². The molecule has 0 rings (SSSR count). The van der Waals surface area contributed by atoms with E-state index in [4.69, 9.17) is 5.11 Å². The Hall–Kier alpha value is -2.06. The molecule has 0 aromatic heterocycles. The Morgan fingerprint density at radius 1 is 1.67 bits per heavy atom. The quantitative estimate of drug-likeness (QED) is 0.484. The molecule has 1 amide bonds. The van der Waals surface area contributed by atoms with Crippen molar-refractivity contribution in [1.29, 1.82) is 0 Å². The summed E-state index contributed by atoms with van der Waals surface area (Å²) >= 11 is 0. The standard InChI is InChI=1S/C7H12NO3.Fm/c1-2-3-4-6(7(10)11)8-5-9;/h6H,2-4H2,1H3,(H,8,9)(H,10,11);/q-1;. The molecule has 0 bridgehead atoms. The molecule has 0 spiro atoms. The second kappa shape index (κ2) is 7.05. The van der Waals surface area contributed by atoms with Crippen LogP contribution in [-0.4, -0.2) is 23.5 Å². The predicted octanol–water partition coefficient (Wildman–Crippen LogP) is 0.287. The first-order valence-corrected chi connectivity index (χ1v) is 3.57. The van der Waals surface area contributed by atoms with E-state index in [9.17, 15) is 9.59 Å². The van der Waals surface area contributed by atoms with Gasteiger partial charge in [-0.05, 0) is 6.42 Å². The molecular formula is C7H12FmNO3-. The maximum Gasteiger partial charge on any atom is 0.323 e. The number of unbranched alkanes of at least 4 members (excludes halogenated alkanes) is 1. The van der Waals surface area contributed by atoms with Crippen LogP contribution >= 0.6 is 0 Å². The molecule has 0 aliphatic carbocycles. The van der Waals surface area contributed by atoms with E-state index in [-0.39, 0.29) is 0 Å². The summed E-state index contributed by atoms with van der Waals surface area (Å²) in [5.41, 5.74) is 0. The average Bonchev–Trinajstić information content (AvgIpc) is 1.97. The molecule has 0 aliphatic heterocycles. The smallest absolute Gasteiger partial charge is 0.323 e. The molecular weight excluding hydrogens is 403 g/mol. The summed E-state index contributed by atoms with van der Waals surface area (Å²) in [6, 6.07) is -0.771. The Morgan fingerprint density at radius 2 is 2.25 bits per heavy atom. The number of amides is 1. The van der Waals surface area contributed by atoms with E-state index in [1.165, 1.54) is 6.41 Å². The van der Waals surface area contributed by atoms with Crippen LogP contribution in [0.5, 0.6) is 0 Å². The minimum Gasteiger partial charge on any atom is -0.520 e. The van der Waals surface area contributed by atoms with Crippen LogP contribution in [0.3, 0.4) is 0 Å². The van der Waals surface area contributed by atoms with Crippen molar-refractivity contribution in [3.05, 3.63) is 0 Å². The first-order valence-electron chi connectivity index (χ1n) is 3.57. The molecule has 4 nitrogen and oxygen atoms in total. The average molecular weight is 415 g/mol. The number of hydrogen-bond donors (Lipinski definition) is 2. The van der Waals surface area contributed by atoms with E-state index < -0.39 is 12.0 Å². The van der Waals surface area contributed by atoms with Crippen molar-refractivity contribution >= 4 is 12.4 Å². The Bertz CT molecular complexity index is 141. The number of carboxylic acid groups (broad SMARTS) is 1. The molecule has 0 aromatic carbocycles. The summed E-state index contributed by atoms with van der Waals surface area (Å²) in [6.45, 7) is 1.96. The van der Waals surface area contributed by atoms with Gasteiger partial charge in [-0.1, -0.05) is 19.8 Å². The molecule has 0 heterocycles. The molecule has 12 heavy (non-hydrogen) atoms. The molecule has 0 saturated carbocycles. The van der Waals surface area contributed by atoms with Gasteiger partial charge in [0.05, 0.1) is 6.04 Å². The zero-order chi connectivity index (χ0) is 8.69. The molecule has 5 heteroatoms. The van der Waals surface area contributed by atoms with E-state index in [0.29, 0.717) is 6.42 Å². The fraction of sp³-hybridized carbons (Fsp3) is 0.714. The van der Waals surface area contributed by atoms with Crippen LogP contribution in [0.25, 0.3) is 0 Å². The maximum absolute atomic E-state index is 10.4. The molecule has 2 N–H and O–H groups in total. The number of aliphatic carboxylic acids is 1. The number of rotatable bonds is 6. The monoisotopic (exact) mass is 415 g/mol. The normalized spacial score (nSPS) is 11.1. The molecule has 0 saturated heterocycles. The van der Waals surface area contributed by atoms with E-state index in [0.717, 1.165) is 12.8 Å². The molecule has 1 unspecified atom stereocenters. The number of carbonyl (C=O) groups is 1. The summed E-state index contributed by atoms with van der Waals surface area (Å²) in [6.07, 6.45) is 3.57. The molecule has 1 atom stereocenters. The molecule has 0 fully saturated rings. The van der Waals surface area contributed by atoms with Gasteiger partial charge in [0.1, 0.15) is 0 Å². The number of carbonyl (C=O) groups excluding carboxylic acids is 1. The van der Waals surface area contributed by atoms with Gasteiger partial charge in [0.15, 0.2) is 0 Å². The van der Waals surface area contributed by atoms with E-state index in [2.05, 4.69) is 5.32 Å². The summed E-state index contributed by atoms with van der Waals surface area (Å²) in [4.78, 5) is 20.1. The fourth-order valence-corrected chi connectivity index (χ4v) is 0.737. The summed E-state index contributed by atoms with van der Waals surface area (Å²) in [7, 11) is 0. The zero-order valence-corrected chi connectivity index (χ0v) is 9.15. The van der Waals surface area contributed by atoms with Crippen molar-refractivity contribution in [3.63, 3.8) is 0 Å².